The molecule has 0 spiro atoms. The van der Waals surface area contributed by atoms with Gasteiger partial charge >= 0.3 is 0 Å². The lowest BCUT2D eigenvalue weighted by molar-refractivity contribution is 0.371. The normalized spacial score (nSPS) is 18.1. The van der Waals surface area contributed by atoms with Crippen molar-refractivity contribution < 1.29 is 9.26 Å². The van der Waals surface area contributed by atoms with Gasteiger partial charge in [0.2, 0.25) is 0 Å². The number of nitrogens with zero attached hydrogens (tertiary/aromatic N) is 2. The van der Waals surface area contributed by atoms with E-state index < -0.39 is 5.54 Å². The number of rotatable bonds is 3. The van der Waals surface area contributed by atoms with Crippen LogP contribution in [0.1, 0.15) is 31.5 Å². The van der Waals surface area contributed by atoms with E-state index >= 15 is 0 Å². The second-order valence-electron chi connectivity index (χ2n) is 4.60. The minimum Gasteiger partial charge on any atom is -0.495 e. The van der Waals surface area contributed by atoms with E-state index in [0.29, 0.717) is 11.7 Å². The molecule has 1 fully saturated rings. The third-order valence-electron chi connectivity index (χ3n) is 3.41. The van der Waals surface area contributed by atoms with Gasteiger partial charge in [-0.15, -0.1) is 11.3 Å². The van der Waals surface area contributed by atoms with Gasteiger partial charge in [0.1, 0.15) is 10.6 Å². The number of hydrogen-bond acceptors (Lipinski definition) is 6. The molecule has 6 heteroatoms. The predicted molar refractivity (Wildman–Crippen MR) is 68.5 cm³/mol. The van der Waals surface area contributed by atoms with Crippen LogP contribution >= 0.6 is 11.3 Å². The van der Waals surface area contributed by atoms with Crippen LogP contribution < -0.4 is 10.5 Å². The molecule has 5 nitrogen and oxygen atoms in total. The maximum Gasteiger partial charge on any atom is 0.271 e. The zero-order chi connectivity index (χ0) is 12.6. The van der Waals surface area contributed by atoms with Crippen molar-refractivity contribution >= 4 is 11.3 Å². The van der Waals surface area contributed by atoms with Gasteiger partial charge < -0.3 is 15.0 Å². The molecule has 2 N–H and O–H groups in total. The topological polar surface area (TPSA) is 74.2 Å². The van der Waals surface area contributed by atoms with Crippen molar-refractivity contribution in [3.63, 3.8) is 0 Å². The van der Waals surface area contributed by atoms with Crippen LogP contribution in [0, 0.1) is 0 Å². The summed E-state index contributed by atoms with van der Waals surface area (Å²) < 4.78 is 10.6. The third-order valence-corrected chi connectivity index (χ3v) is 4.29. The molecular formula is C12H15N3O2S. The van der Waals surface area contributed by atoms with Crippen LogP contribution in [0.5, 0.6) is 5.75 Å². The highest BCUT2D eigenvalue weighted by atomic mass is 32.1. The summed E-state index contributed by atoms with van der Waals surface area (Å²) in [4.78, 5) is 5.30. The van der Waals surface area contributed by atoms with Crippen molar-refractivity contribution in [1.29, 1.82) is 0 Å². The second-order valence-corrected chi connectivity index (χ2v) is 5.52. The first-order valence-electron chi connectivity index (χ1n) is 5.98. The number of aromatic nitrogens is 2. The quantitative estimate of drug-likeness (QED) is 0.923. The lowest BCUT2D eigenvalue weighted by Crippen LogP contribution is -2.34. The molecule has 2 aromatic heterocycles. The molecule has 0 unspecified atom stereocenters. The first-order chi connectivity index (χ1) is 8.73. The summed E-state index contributed by atoms with van der Waals surface area (Å²) in [6.45, 7) is 0. The summed E-state index contributed by atoms with van der Waals surface area (Å²) in [5.74, 6) is 1.87. The zero-order valence-corrected chi connectivity index (χ0v) is 11.0. The molecule has 2 heterocycles. The minimum atomic E-state index is -0.410. The summed E-state index contributed by atoms with van der Waals surface area (Å²) in [7, 11) is 1.63. The summed E-state index contributed by atoms with van der Waals surface area (Å²) in [5, 5.41) is 5.98. The summed E-state index contributed by atoms with van der Waals surface area (Å²) in [6, 6.07) is 1.89. The molecule has 96 valence electrons. The lowest BCUT2D eigenvalue weighted by Gasteiger charge is -2.17. The number of thiophene rings is 1. The molecule has 0 bridgehead atoms. The van der Waals surface area contributed by atoms with E-state index in [1.807, 2.05) is 11.4 Å². The van der Waals surface area contributed by atoms with Gasteiger partial charge in [-0.05, 0) is 24.3 Å². The fraction of sp³-hybridized carbons (Fsp3) is 0.500. The lowest BCUT2D eigenvalue weighted by atomic mass is 9.99. The Hall–Kier alpha value is -1.40. The van der Waals surface area contributed by atoms with Crippen LogP contribution in [0.15, 0.2) is 16.0 Å². The van der Waals surface area contributed by atoms with Crippen LogP contribution in [-0.4, -0.2) is 17.3 Å². The fourth-order valence-corrected chi connectivity index (χ4v) is 3.14. The van der Waals surface area contributed by atoms with E-state index in [9.17, 15) is 0 Å². The van der Waals surface area contributed by atoms with Crippen molar-refractivity contribution in [2.24, 2.45) is 5.73 Å². The molecule has 0 aromatic carbocycles. The van der Waals surface area contributed by atoms with E-state index in [1.54, 1.807) is 7.11 Å². The largest absolute Gasteiger partial charge is 0.495 e. The maximum atomic E-state index is 6.30. The minimum absolute atomic E-state index is 0.410. The van der Waals surface area contributed by atoms with Crippen LogP contribution in [0.3, 0.4) is 0 Å². The van der Waals surface area contributed by atoms with Gasteiger partial charge in [0, 0.05) is 0 Å². The molecule has 0 radical (unpaired) electrons. The molecule has 0 atom stereocenters. The highest BCUT2D eigenvalue weighted by molar-refractivity contribution is 7.13. The number of methoxy groups -OCH3 is 1. The Bertz CT molecular complexity index is 543. The van der Waals surface area contributed by atoms with Crippen molar-refractivity contribution in [3.8, 4) is 16.5 Å². The molecule has 1 aliphatic carbocycles. The van der Waals surface area contributed by atoms with Crippen molar-refractivity contribution in [2.45, 2.75) is 31.2 Å². The average molecular weight is 265 g/mol. The van der Waals surface area contributed by atoms with Crippen LogP contribution in [0.25, 0.3) is 10.8 Å². The number of nitrogens with two attached hydrogens (primary N) is 1. The Morgan fingerprint density at radius 1 is 1.44 bits per heavy atom. The molecule has 3 rings (SSSR count). The van der Waals surface area contributed by atoms with E-state index in [-0.39, 0.29) is 0 Å². The molecule has 0 amide bonds. The summed E-state index contributed by atoms with van der Waals surface area (Å²) in [6.07, 6.45) is 4.10. The average Bonchev–Trinajstić information content (AvgIpc) is 3.08. The Morgan fingerprint density at radius 2 is 2.22 bits per heavy atom. The van der Waals surface area contributed by atoms with Gasteiger partial charge in [-0.1, -0.05) is 18.0 Å². The van der Waals surface area contributed by atoms with Gasteiger partial charge in [-0.3, -0.25) is 0 Å². The van der Waals surface area contributed by atoms with Gasteiger partial charge in [0.05, 0.1) is 12.6 Å². The van der Waals surface area contributed by atoms with Crippen molar-refractivity contribution in [3.05, 3.63) is 17.3 Å². The van der Waals surface area contributed by atoms with Crippen LogP contribution in [0.4, 0.5) is 0 Å². The fourth-order valence-electron chi connectivity index (χ4n) is 2.36. The molecule has 2 aromatic rings. The van der Waals surface area contributed by atoms with Gasteiger partial charge in [-0.2, -0.15) is 4.98 Å². The van der Waals surface area contributed by atoms with Crippen molar-refractivity contribution in [1.82, 2.24) is 10.1 Å². The Kier molecular flexibility index (Phi) is 2.83. The summed E-state index contributed by atoms with van der Waals surface area (Å²) in [5.41, 5.74) is 5.89. The van der Waals surface area contributed by atoms with Gasteiger partial charge in [-0.25, -0.2) is 0 Å². The summed E-state index contributed by atoms with van der Waals surface area (Å²) >= 11 is 1.52. The smallest absolute Gasteiger partial charge is 0.271 e. The monoisotopic (exact) mass is 265 g/mol. The second kappa shape index (κ2) is 4.37. The molecular weight excluding hydrogens is 250 g/mol. The molecule has 0 saturated heterocycles. The number of hydrogen-bond donors (Lipinski definition) is 1. The van der Waals surface area contributed by atoms with E-state index in [0.717, 1.165) is 36.3 Å². The SMILES string of the molecule is COc1ccsc1-c1nc(C2(N)CCCC2)no1. The van der Waals surface area contributed by atoms with Crippen LogP contribution in [0.2, 0.25) is 0 Å². The van der Waals surface area contributed by atoms with E-state index in [1.165, 1.54) is 11.3 Å². The van der Waals surface area contributed by atoms with Crippen LogP contribution in [-0.2, 0) is 5.54 Å². The first-order valence-corrected chi connectivity index (χ1v) is 6.86. The van der Waals surface area contributed by atoms with E-state index in [4.69, 9.17) is 15.0 Å². The standard InChI is InChI=1S/C12H15N3O2S/c1-16-8-4-7-18-9(8)10-14-11(15-17-10)12(13)5-2-3-6-12/h4,7H,2-3,5-6,13H2,1H3. The number of ether oxygens (including phenoxy) is 1. The molecule has 0 aliphatic heterocycles. The zero-order valence-electron chi connectivity index (χ0n) is 10.2. The highest BCUT2D eigenvalue weighted by Gasteiger charge is 2.36. The maximum absolute atomic E-state index is 6.30. The van der Waals surface area contributed by atoms with Gasteiger partial charge in [0.15, 0.2) is 5.82 Å². The molecule has 1 aliphatic rings. The van der Waals surface area contributed by atoms with Gasteiger partial charge in [0.25, 0.3) is 5.89 Å². The molecule has 18 heavy (non-hydrogen) atoms. The van der Waals surface area contributed by atoms with E-state index in [2.05, 4.69) is 10.1 Å². The Morgan fingerprint density at radius 3 is 2.94 bits per heavy atom. The highest BCUT2D eigenvalue weighted by Crippen LogP contribution is 2.38. The third kappa shape index (κ3) is 1.81. The van der Waals surface area contributed by atoms with Crippen molar-refractivity contribution in [2.75, 3.05) is 7.11 Å². The first kappa shape index (κ1) is 11.7. The Labute approximate surface area is 109 Å². The molecule has 1 saturated carbocycles. The predicted octanol–water partition coefficient (Wildman–Crippen LogP) is 2.53. The Balaban J connectivity index is 1.94.